The van der Waals surface area contributed by atoms with Crippen LogP contribution in [0.15, 0.2) is 0 Å². The molecule has 0 bridgehead atoms. The maximum Gasteiger partial charge on any atom is 2.00 e. The number of carbonyl (C=O) groups is 1. The molecule has 0 saturated carbocycles. The van der Waals surface area contributed by atoms with Crippen molar-refractivity contribution < 1.29 is 44.9 Å². The SMILES string of the molecule is CC(=O)[O-].[Ba+2].[Na+].[OH-]. The Hall–Kier alpha value is 2.00. The van der Waals surface area contributed by atoms with Gasteiger partial charge in [-0.25, -0.2) is 0 Å². The number of carbonyl (C=O) groups excluding carboxylic acids is 1. The van der Waals surface area contributed by atoms with Gasteiger partial charge < -0.3 is 15.4 Å². The average molecular weight is 236 g/mol. The molecule has 1 N–H and O–H groups in total. The van der Waals surface area contributed by atoms with E-state index in [1.165, 1.54) is 0 Å². The molecule has 0 heterocycles. The maximum atomic E-state index is 8.89. The van der Waals surface area contributed by atoms with Crippen molar-refractivity contribution >= 4 is 54.9 Å². The van der Waals surface area contributed by atoms with Crippen molar-refractivity contribution in [3.63, 3.8) is 0 Å². The summed E-state index contributed by atoms with van der Waals surface area (Å²) in [6.07, 6.45) is 0. The molecule has 5 heteroatoms. The molecule has 0 saturated heterocycles. The van der Waals surface area contributed by atoms with Gasteiger partial charge in [0.2, 0.25) is 0 Å². The van der Waals surface area contributed by atoms with Gasteiger partial charge in [-0.2, -0.15) is 0 Å². The van der Waals surface area contributed by atoms with E-state index in [9.17, 15) is 0 Å². The van der Waals surface area contributed by atoms with Crippen molar-refractivity contribution in [1.29, 1.82) is 0 Å². The van der Waals surface area contributed by atoms with E-state index in [-0.39, 0.29) is 83.9 Å². The van der Waals surface area contributed by atoms with Crippen molar-refractivity contribution in [3.05, 3.63) is 0 Å². The zero-order valence-electron chi connectivity index (χ0n) is 4.47. The molecule has 32 valence electrons. The Labute approximate surface area is 105 Å². The Morgan fingerprint density at radius 1 is 1.57 bits per heavy atom. The van der Waals surface area contributed by atoms with Crippen LogP contribution in [0.1, 0.15) is 6.92 Å². The molecule has 0 spiro atoms. The number of rotatable bonds is 0. The van der Waals surface area contributed by atoms with Gasteiger partial charge in [0.05, 0.1) is 0 Å². The Morgan fingerprint density at radius 3 is 1.57 bits per heavy atom. The molecule has 0 amide bonds. The van der Waals surface area contributed by atoms with Gasteiger partial charge in [-0.15, -0.1) is 0 Å². The van der Waals surface area contributed by atoms with Crippen molar-refractivity contribution in [2.24, 2.45) is 0 Å². The smallest absolute Gasteiger partial charge is 0.870 e. The van der Waals surface area contributed by atoms with Crippen LogP contribution in [-0.2, 0) is 4.79 Å². The van der Waals surface area contributed by atoms with E-state index < -0.39 is 5.97 Å². The van der Waals surface area contributed by atoms with Crippen LogP contribution in [0.25, 0.3) is 0 Å². The van der Waals surface area contributed by atoms with Gasteiger partial charge in [0, 0.05) is 5.97 Å². The first-order valence-corrected chi connectivity index (χ1v) is 0.908. The van der Waals surface area contributed by atoms with Gasteiger partial charge in [0.1, 0.15) is 0 Å². The largest absolute Gasteiger partial charge is 2.00 e. The predicted octanol–water partition coefficient (Wildman–Crippen LogP) is -4.80. The van der Waals surface area contributed by atoms with E-state index in [0.29, 0.717) is 0 Å². The fourth-order valence-electron chi connectivity index (χ4n) is 0. The van der Waals surface area contributed by atoms with Crippen molar-refractivity contribution in [1.82, 2.24) is 0 Å². The predicted molar refractivity (Wildman–Crippen MR) is 18.4 cm³/mol. The zero-order valence-corrected chi connectivity index (χ0v) is 10.9. The second kappa shape index (κ2) is 15.7. The number of aliphatic carboxylic acids is 1. The van der Waals surface area contributed by atoms with Crippen LogP contribution in [0.3, 0.4) is 0 Å². The van der Waals surface area contributed by atoms with Crippen LogP contribution in [0, 0.1) is 0 Å². The number of carboxylic acid groups (broad SMARTS) is 1. The van der Waals surface area contributed by atoms with Crippen LogP contribution in [0.5, 0.6) is 0 Å². The molecule has 0 aliphatic carbocycles. The molecular formula is C2H4BaNaO3+. The van der Waals surface area contributed by atoms with E-state index in [2.05, 4.69) is 0 Å². The second-order valence-corrected chi connectivity index (χ2v) is 0.492. The van der Waals surface area contributed by atoms with Gasteiger partial charge in [0.15, 0.2) is 0 Å². The van der Waals surface area contributed by atoms with Crippen LogP contribution >= 0.6 is 0 Å². The van der Waals surface area contributed by atoms with E-state index in [1.54, 1.807) is 0 Å². The molecule has 0 aromatic rings. The summed E-state index contributed by atoms with van der Waals surface area (Å²) in [6.45, 7) is 0.972. The average Bonchev–Trinajstić information content (AvgIpc) is 0.811. The van der Waals surface area contributed by atoms with Gasteiger partial charge in [0.25, 0.3) is 0 Å². The summed E-state index contributed by atoms with van der Waals surface area (Å²) in [5.41, 5.74) is 0. The minimum Gasteiger partial charge on any atom is -0.870 e. The van der Waals surface area contributed by atoms with E-state index in [4.69, 9.17) is 9.90 Å². The summed E-state index contributed by atoms with van der Waals surface area (Å²) in [5.74, 6) is -1.08. The van der Waals surface area contributed by atoms with Gasteiger partial charge in [-0.1, -0.05) is 0 Å². The Balaban J connectivity index is -0.0000000150. The molecule has 3 nitrogen and oxygen atoms in total. The molecular weight excluding hydrogens is 232 g/mol. The first kappa shape index (κ1) is 23.0. The monoisotopic (exact) mass is 237 g/mol. The van der Waals surface area contributed by atoms with Gasteiger partial charge in [-0.3, -0.25) is 0 Å². The summed E-state index contributed by atoms with van der Waals surface area (Å²) in [6, 6.07) is 0. The van der Waals surface area contributed by atoms with Crippen LogP contribution in [0.2, 0.25) is 0 Å². The third kappa shape index (κ3) is 71.9. The van der Waals surface area contributed by atoms with Crippen LogP contribution < -0.4 is 34.7 Å². The normalized spacial score (nSPS) is 3.57. The zero-order chi connectivity index (χ0) is 3.58. The third-order valence-corrected chi connectivity index (χ3v) is 0. The van der Waals surface area contributed by atoms with Crippen molar-refractivity contribution in [2.75, 3.05) is 0 Å². The third-order valence-electron chi connectivity index (χ3n) is 0. The Bertz CT molecular complexity index is 35.9. The number of hydrogen-bond acceptors (Lipinski definition) is 3. The van der Waals surface area contributed by atoms with Crippen molar-refractivity contribution in [3.8, 4) is 0 Å². The fourth-order valence-corrected chi connectivity index (χ4v) is 0. The topological polar surface area (TPSA) is 70.1 Å². The Kier molecular flexibility index (Phi) is 51.6. The summed E-state index contributed by atoms with van der Waals surface area (Å²) in [7, 11) is 0. The van der Waals surface area contributed by atoms with Crippen LogP contribution in [-0.4, -0.2) is 60.3 Å². The minimum absolute atomic E-state index is 0. The first-order chi connectivity index (χ1) is 1.73. The molecule has 0 rings (SSSR count). The second-order valence-electron chi connectivity index (χ2n) is 0.492. The van der Waals surface area contributed by atoms with E-state index in [1.807, 2.05) is 0 Å². The molecule has 0 atom stereocenters. The summed E-state index contributed by atoms with van der Waals surface area (Å²) < 4.78 is 0. The molecule has 0 aromatic carbocycles. The first-order valence-electron chi connectivity index (χ1n) is 0.908. The molecule has 0 aliphatic rings. The molecule has 0 aliphatic heterocycles. The van der Waals surface area contributed by atoms with E-state index in [0.717, 1.165) is 6.92 Å². The number of hydrogen-bond donors (Lipinski definition) is 0. The van der Waals surface area contributed by atoms with Crippen molar-refractivity contribution in [2.45, 2.75) is 6.92 Å². The number of carboxylic acids is 1. The molecule has 0 aromatic heterocycles. The maximum absolute atomic E-state index is 8.89. The molecule has 0 fully saturated rings. The van der Waals surface area contributed by atoms with Crippen LogP contribution in [0.4, 0.5) is 0 Å². The summed E-state index contributed by atoms with van der Waals surface area (Å²) in [5, 5.41) is 8.89. The standard InChI is InChI=1S/C2H4O2.Ba.Na.H2O/c1-2(3)4;;;/h1H3,(H,3,4);;;1H2/q;+2;+1;/p-2. The fraction of sp³-hybridized carbons (Fsp3) is 0.500. The summed E-state index contributed by atoms with van der Waals surface area (Å²) in [4.78, 5) is 8.89. The van der Waals surface area contributed by atoms with Gasteiger partial charge >= 0.3 is 78.4 Å². The Morgan fingerprint density at radius 2 is 1.57 bits per heavy atom. The van der Waals surface area contributed by atoms with E-state index >= 15 is 0 Å². The molecule has 0 radical (unpaired) electrons. The molecule has 0 unspecified atom stereocenters. The summed E-state index contributed by atoms with van der Waals surface area (Å²) >= 11 is 0. The quantitative estimate of drug-likeness (QED) is 0.396. The van der Waals surface area contributed by atoms with Gasteiger partial charge in [-0.05, 0) is 6.92 Å². The molecule has 7 heavy (non-hydrogen) atoms. The minimum atomic E-state index is -1.08.